The molecule has 0 saturated heterocycles. The van der Waals surface area contributed by atoms with Crippen LogP contribution in [0.2, 0.25) is 0 Å². The molecule has 0 amide bonds. The van der Waals surface area contributed by atoms with Gasteiger partial charge in [0.1, 0.15) is 5.75 Å². The van der Waals surface area contributed by atoms with Crippen molar-refractivity contribution in [1.82, 2.24) is 10.2 Å². The van der Waals surface area contributed by atoms with Crippen molar-refractivity contribution in [1.29, 1.82) is 0 Å². The summed E-state index contributed by atoms with van der Waals surface area (Å²) < 4.78 is 10.6. The Morgan fingerprint density at radius 3 is 2.78 bits per heavy atom. The highest BCUT2D eigenvalue weighted by atomic mass is 32.2. The maximum absolute atomic E-state index is 5.90. The summed E-state index contributed by atoms with van der Waals surface area (Å²) >= 11 is 1.55. The van der Waals surface area contributed by atoms with Crippen molar-refractivity contribution < 1.29 is 9.15 Å². The summed E-state index contributed by atoms with van der Waals surface area (Å²) in [6.45, 7) is 1.98. The zero-order chi connectivity index (χ0) is 13.0. The van der Waals surface area contributed by atoms with Crippen LogP contribution >= 0.6 is 11.8 Å². The van der Waals surface area contributed by atoms with Gasteiger partial charge < -0.3 is 14.9 Å². The lowest BCUT2D eigenvalue weighted by Gasteiger charge is -2.06. The molecule has 0 atom stereocenters. The van der Waals surface area contributed by atoms with Gasteiger partial charge in [-0.3, -0.25) is 0 Å². The van der Waals surface area contributed by atoms with Crippen molar-refractivity contribution >= 4 is 17.4 Å². The van der Waals surface area contributed by atoms with Crippen LogP contribution in [0, 0.1) is 0 Å². The molecule has 0 fully saturated rings. The Balaban J connectivity index is 2.05. The fraction of sp³-hybridized carbons (Fsp3) is 0.333. The van der Waals surface area contributed by atoms with E-state index < -0.39 is 0 Å². The molecular formula is C12H15N3O2S. The first-order valence-corrected chi connectivity index (χ1v) is 6.59. The molecule has 0 bridgehead atoms. The van der Waals surface area contributed by atoms with Crippen molar-refractivity contribution in [3.8, 4) is 5.75 Å². The van der Waals surface area contributed by atoms with E-state index in [-0.39, 0.29) is 0 Å². The molecule has 0 aliphatic heterocycles. The van der Waals surface area contributed by atoms with Gasteiger partial charge in [0.15, 0.2) is 0 Å². The first-order chi connectivity index (χ1) is 8.72. The average Bonchev–Trinajstić information content (AvgIpc) is 2.86. The third-order valence-corrected chi connectivity index (χ3v) is 3.44. The van der Waals surface area contributed by atoms with Crippen LogP contribution in [0.25, 0.3) is 0 Å². The fourth-order valence-corrected chi connectivity index (χ4v) is 2.23. The summed E-state index contributed by atoms with van der Waals surface area (Å²) in [5, 5.41) is 7.88. The topological polar surface area (TPSA) is 74.2 Å². The highest BCUT2D eigenvalue weighted by molar-refractivity contribution is 7.98. The number of aryl methyl sites for hydroxylation is 1. The van der Waals surface area contributed by atoms with E-state index in [1.54, 1.807) is 18.9 Å². The van der Waals surface area contributed by atoms with Crippen LogP contribution in [0.4, 0.5) is 5.69 Å². The molecule has 2 aromatic rings. The van der Waals surface area contributed by atoms with Gasteiger partial charge >= 0.3 is 0 Å². The predicted octanol–water partition coefficient (Wildman–Crippen LogP) is 2.52. The van der Waals surface area contributed by atoms with Gasteiger partial charge in [-0.1, -0.05) is 6.92 Å². The fourth-order valence-electron chi connectivity index (χ4n) is 1.40. The minimum absolute atomic E-state index is 0.602. The minimum Gasteiger partial charge on any atom is -0.497 e. The number of benzene rings is 1. The molecule has 5 nitrogen and oxygen atoms in total. The normalized spacial score (nSPS) is 10.6. The van der Waals surface area contributed by atoms with Crippen molar-refractivity contribution in [2.75, 3.05) is 12.8 Å². The summed E-state index contributed by atoms with van der Waals surface area (Å²) in [6.07, 6.45) is 0.749. The van der Waals surface area contributed by atoms with Gasteiger partial charge in [-0.15, -0.1) is 22.0 Å². The molecule has 0 radical (unpaired) electrons. The van der Waals surface area contributed by atoms with Gasteiger partial charge in [-0.2, -0.15) is 0 Å². The van der Waals surface area contributed by atoms with Crippen molar-refractivity contribution in [2.45, 2.75) is 24.0 Å². The average molecular weight is 265 g/mol. The van der Waals surface area contributed by atoms with E-state index in [1.807, 2.05) is 25.1 Å². The van der Waals surface area contributed by atoms with Gasteiger partial charge in [-0.05, 0) is 18.2 Å². The lowest BCUT2D eigenvalue weighted by Crippen LogP contribution is -1.91. The Morgan fingerprint density at radius 1 is 1.33 bits per heavy atom. The van der Waals surface area contributed by atoms with Gasteiger partial charge in [-0.25, -0.2) is 0 Å². The maximum atomic E-state index is 5.90. The summed E-state index contributed by atoms with van der Waals surface area (Å²) in [5.74, 6) is 2.65. The molecule has 1 aromatic carbocycles. The number of hydrogen-bond donors (Lipinski definition) is 1. The molecule has 6 heteroatoms. The van der Waals surface area contributed by atoms with Gasteiger partial charge in [0.2, 0.25) is 11.8 Å². The van der Waals surface area contributed by atoms with Crippen LogP contribution in [0.1, 0.15) is 18.7 Å². The molecular weight excluding hydrogens is 250 g/mol. The van der Waals surface area contributed by atoms with Gasteiger partial charge in [0.05, 0.1) is 12.9 Å². The van der Waals surface area contributed by atoms with Crippen LogP contribution in [-0.2, 0) is 12.2 Å². The van der Waals surface area contributed by atoms with E-state index in [0.717, 1.165) is 22.8 Å². The second-order valence-corrected chi connectivity index (χ2v) is 4.65. The lowest BCUT2D eigenvalue weighted by atomic mass is 10.3. The van der Waals surface area contributed by atoms with Crippen LogP contribution in [0.3, 0.4) is 0 Å². The van der Waals surface area contributed by atoms with E-state index in [9.17, 15) is 0 Å². The largest absolute Gasteiger partial charge is 0.497 e. The number of aromatic nitrogens is 2. The number of rotatable bonds is 5. The molecule has 2 rings (SSSR count). The van der Waals surface area contributed by atoms with Crippen LogP contribution in [-0.4, -0.2) is 17.3 Å². The molecule has 0 unspecified atom stereocenters. The van der Waals surface area contributed by atoms with Crippen molar-refractivity contribution in [3.63, 3.8) is 0 Å². The monoisotopic (exact) mass is 265 g/mol. The molecule has 96 valence electrons. The van der Waals surface area contributed by atoms with E-state index in [1.165, 1.54) is 0 Å². The third kappa shape index (κ3) is 2.95. The van der Waals surface area contributed by atoms with Gasteiger partial charge in [0.25, 0.3) is 0 Å². The quantitative estimate of drug-likeness (QED) is 0.661. The number of ether oxygens (including phenoxy) is 1. The highest BCUT2D eigenvalue weighted by Gasteiger charge is 2.07. The highest BCUT2D eigenvalue weighted by Crippen LogP contribution is 2.31. The first-order valence-electron chi connectivity index (χ1n) is 5.60. The summed E-state index contributed by atoms with van der Waals surface area (Å²) in [5.41, 5.74) is 6.62. The number of nitrogens with two attached hydrogens (primary N) is 1. The van der Waals surface area contributed by atoms with Crippen molar-refractivity contribution in [3.05, 3.63) is 30.0 Å². The second kappa shape index (κ2) is 5.77. The van der Waals surface area contributed by atoms with Crippen molar-refractivity contribution in [2.24, 2.45) is 0 Å². The maximum Gasteiger partial charge on any atom is 0.226 e. The number of nitrogens with zero attached hydrogens (tertiary/aromatic N) is 2. The van der Waals surface area contributed by atoms with Crippen LogP contribution < -0.4 is 10.5 Å². The standard InChI is InChI=1S/C12H15N3O2S/c1-3-11-14-15-12(17-11)7-18-10-6-8(16-2)4-5-9(10)13/h4-6H,3,7,13H2,1-2H3. The van der Waals surface area contributed by atoms with Crippen LogP contribution in [0.15, 0.2) is 27.5 Å². The lowest BCUT2D eigenvalue weighted by molar-refractivity contribution is 0.414. The molecule has 18 heavy (non-hydrogen) atoms. The zero-order valence-corrected chi connectivity index (χ0v) is 11.2. The summed E-state index contributed by atoms with van der Waals surface area (Å²) in [7, 11) is 1.63. The molecule has 1 aromatic heterocycles. The Labute approximate surface area is 110 Å². The molecule has 0 saturated carbocycles. The number of thioether (sulfide) groups is 1. The Bertz CT molecular complexity index is 528. The molecule has 0 aliphatic rings. The van der Waals surface area contributed by atoms with Gasteiger partial charge in [0, 0.05) is 17.0 Å². The van der Waals surface area contributed by atoms with Crippen LogP contribution in [0.5, 0.6) is 5.75 Å². The Hall–Kier alpha value is -1.69. The SMILES string of the molecule is CCc1nnc(CSc2cc(OC)ccc2N)o1. The first kappa shape index (κ1) is 12.8. The molecule has 2 N–H and O–H groups in total. The minimum atomic E-state index is 0.602. The summed E-state index contributed by atoms with van der Waals surface area (Å²) in [6, 6.07) is 5.56. The third-order valence-electron chi connectivity index (χ3n) is 2.38. The molecule has 1 heterocycles. The molecule has 0 aliphatic carbocycles. The molecule has 0 spiro atoms. The van der Waals surface area contributed by atoms with E-state index in [4.69, 9.17) is 14.9 Å². The Morgan fingerprint density at radius 2 is 2.11 bits per heavy atom. The predicted molar refractivity (Wildman–Crippen MR) is 70.6 cm³/mol. The van der Waals surface area contributed by atoms with E-state index in [0.29, 0.717) is 17.5 Å². The Kier molecular flexibility index (Phi) is 4.09. The zero-order valence-electron chi connectivity index (χ0n) is 10.3. The number of anilines is 1. The van der Waals surface area contributed by atoms with E-state index in [2.05, 4.69) is 10.2 Å². The van der Waals surface area contributed by atoms with E-state index >= 15 is 0 Å². The number of hydrogen-bond acceptors (Lipinski definition) is 6. The smallest absolute Gasteiger partial charge is 0.226 e. The summed E-state index contributed by atoms with van der Waals surface area (Å²) in [4.78, 5) is 0.950. The number of methoxy groups -OCH3 is 1. The number of nitrogen functional groups attached to an aromatic ring is 1. The second-order valence-electron chi connectivity index (χ2n) is 3.64.